The van der Waals surface area contributed by atoms with Gasteiger partial charge in [-0.25, -0.2) is 9.78 Å². The average molecular weight is 454 g/mol. The van der Waals surface area contributed by atoms with E-state index >= 15 is 0 Å². The van der Waals surface area contributed by atoms with E-state index in [4.69, 9.17) is 28.2 Å². The number of amides is 2. The predicted molar refractivity (Wildman–Crippen MR) is 127 cm³/mol. The van der Waals surface area contributed by atoms with E-state index < -0.39 is 0 Å². The Morgan fingerprint density at radius 3 is 2.65 bits per heavy atom. The number of halogens is 2. The minimum absolute atomic E-state index is 0.116. The van der Waals surface area contributed by atoms with Crippen LogP contribution in [0.2, 0.25) is 10.0 Å². The van der Waals surface area contributed by atoms with E-state index in [9.17, 15) is 4.79 Å². The van der Waals surface area contributed by atoms with E-state index in [0.29, 0.717) is 35.4 Å². The lowest BCUT2D eigenvalue weighted by Crippen LogP contribution is -2.38. The fourth-order valence-corrected chi connectivity index (χ4v) is 4.42. The van der Waals surface area contributed by atoms with Crippen molar-refractivity contribution in [2.24, 2.45) is 0 Å². The van der Waals surface area contributed by atoms with Crippen LogP contribution in [-0.2, 0) is 0 Å². The molecule has 0 bridgehead atoms. The normalized spacial score (nSPS) is 14.8. The third kappa shape index (κ3) is 4.01. The summed E-state index contributed by atoms with van der Waals surface area (Å²) in [7, 11) is 0. The number of anilines is 2. The van der Waals surface area contributed by atoms with Crippen LogP contribution in [0.1, 0.15) is 6.42 Å². The second kappa shape index (κ2) is 8.29. The van der Waals surface area contributed by atoms with Gasteiger partial charge in [0.05, 0.1) is 16.6 Å². The SMILES string of the molecule is O=C(Nc1cccc(Cl)c1)N1CCCN(c2nc3cc(Cl)ccc3n3cccc23)CC1. The van der Waals surface area contributed by atoms with E-state index in [-0.39, 0.29) is 6.03 Å². The molecule has 0 saturated carbocycles. The Morgan fingerprint density at radius 2 is 1.77 bits per heavy atom. The van der Waals surface area contributed by atoms with Crippen molar-refractivity contribution in [1.29, 1.82) is 0 Å². The number of benzene rings is 2. The lowest BCUT2D eigenvalue weighted by Gasteiger charge is -2.24. The molecule has 6 nitrogen and oxygen atoms in total. The van der Waals surface area contributed by atoms with Gasteiger partial charge in [0, 0.05) is 48.1 Å². The number of nitrogens with zero attached hydrogens (tertiary/aromatic N) is 4. The lowest BCUT2D eigenvalue weighted by molar-refractivity contribution is 0.215. The molecule has 5 rings (SSSR count). The fourth-order valence-electron chi connectivity index (χ4n) is 4.07. The maximum Gasteiger partial charge on any atom is 0.321 e. The number of urea groups is 1. The van der Waals surface area contributed by atoms with Crippen LogP contribution < -0.4 is 10.2 Å². The van der Waals surface area contributed by atoms with E-state index in [2.05, 4.69) is 20.7 Å². The molecule has 8 heteroatoms. The fraction of sp³-hybridized carbons (Fsp3) is 0.217. The van der Waals surface area contributed by atoms with Gasteiger partial charge in [0.1, 0.15) is 0 Å². The molecule has 0 aliphatic carbocycles. The number of hydrogen-bond acceptors (Lipinski definition) is 3. The summed E-state index contributed by atoms with van der Waals surface area (Å²) in [5.74, 6) is 0.914. The number of nitrogens with one attached hydrogen (secondary N) is 1. The molecule has 0 unspecified atom stereocenters. The van der Waals surface area contributed by atoms with Crippen LogP contribution in [0.25, 0.3) is 16.6 Å². The standard InChI is InChI=1S/C23H21Cl2N5O/c24-16-4-1-5-18(14-16)26-23(31)29-10-3-9-28(12-13-29)22-21-6-2-11-30(21)20-8-7-17(25)15-19(20)27-22/h1-2,4-8,11,14-15H,3,9-10,12-13H2,(H,26,31). The molecular formula is C23H21Cl2N5O. The van der Waals surface area contributed by atoms with Gasteiger partial charge in [-0.05, 0) is 55.0 Å². The predicted octanol–water partition coefficient (Wildman–Crippen LogP) is 5.54. The Balaban J connectivity index is 1.38. The quantitative estimate of drug-likeness (QED) is 0.433. The second-order valence-corrected chi connectivity index (χ2v) is 8.47. The number of fused-ring (bicyclic) bond motifs is 3. The van der Waals surface area contributed by atoms with Crippen LogP contribution in [0, 0.1) is 0 Å². The smallest absolute Gasteiger partial charge is 0.321 e. The van der Waals surface area contributed by atoms with Gasteiger partial charge in [-0.2, -0.15) is 0 Å². The summed E-state index contributed by atoms with van der Waals surface area (Å²) in [5, 5.41) is 4.20. The van der Waals surface area contributed by atoms with Crippen LogP contribution in [0.3, 0.4) is 0 Å². The molecule has 1 aliphatic rings. The van der Waals surface area contributed by atoms with Crippen LogP contribution in [0.15, 0.2) is 60.8 Å². The summed E-state index contributed by atoms with van der Waals surface area (Å²) in [5.41, 5.74) is 3.62. The summed E-state index contributed by atoms with van der Waals surface area (Å²) >= 11 is 12.2. The Morgan fingerprint density at radius 1 is 0.903 bits per heavy atom. The van der Waals surface area contributed by atoms with Crippen molar-refractivity contribution in [1.82, 2.24) is 14.3 Å². The van der Waals surface area contributed by atoms with E-state index in [1.807, 2.05) is 47.5 Å². The zero-order valence-electron chi connectivity index (χ0n) is 16.8. The first-order chi connectivity index (χ1) is 15.1. The van der Waals surface area contributed by atoms with Gasteiger partial charge in [-0.1, -0.05) is 29.3 Å². The molecule has 1 N–H and O–H groups in total. The third-order valence-corrected chi connectivity index (χ3v) is 6.03. The first kappa shape index (κ1) is 20.0. The summed E-state index contributed by atoms with van der Waals surface area (Å²) in [6.45, 7) is 2.80. The highest BCUT2D eigenvalue weighted by Gasteiger charge is 2.22. The topological polar surface area (TPSA) is 52.9 Å². The second-order valence-electron chi connectivity index (χ2n) is 7.60. The summed E-state index contributed by atoms with van der Waals surface area (Å²) in [4.78, 5) is 21.8. The minimum Gasteiger partial charge on any atom is -0.353 e. The van der Waals surface area contributed by atoms with Crippen molar-refractivity contribution in [3.05, 3.63) is 70.8 Å². The van der Waals surface area contributed by atoms with E-state index in [1.54, 1.807) is 12.1 Å². The van der Waals surface area contributed by atoms with Crippen molar-refractivity contribution in [2.75, 3.05) is 36.4 Å². The van der Waals surface area contributed by atoms with Gasteiger partial charge in [0.2, 0.25) is 0 Å². The Hall–Kier alpha value is -2.96. The van der Waals surface area contributed by atoms with E-state index in [1.165, 1.54) is 0 Å². The summed E-state index contributed by atoms with van der Waals surface area (Å²) in [6.07, 6.45) is 2.89. The van der Waals surface area contributed by atoms with Crippen molar-refractivity contribution in [3.8, 4) is 0 Å². The van der Waals surface area contributed by atoms with Crippen molar-refractivity contribution < 1.29 is 4.79 Å². The number of aromatic nitrogens is 2. The van der Waals surface area contributed by atoms with Gasteiger partial charge < -0.3 is 19.5 Å². The third-order valence-electron chi connectivity index (χ3n) is 5.56. The molecule has 1 saturated heterocycles. The van der Waals surface area contributed by atoms with Gasteiger partial charge in [-0.3, -0.25) is 0 Å². The Bertz CT molecular complexity index is 1270. The highest BCUT2D eigenvalue weighted by molar-refractivity contribution is 6.31. The Kier molecular flexibility index (Phi) is 5.34. The largest absolute Gasteiger partial charge is 0.353 e. The first-order valence-electron chi connectivity index (χ1n) is 10.2. The molecule has 2 amide bonds. The van der Waals surface area contributed by atoms with Crippen molar-refractivity contribution >= 4 is 57.3 Å². The van der Waals surface area contributed by atoms with Crippen LogP contribution in [-0.4, -0.2) is 46.5 Å². The lowest BCUT2D eigenvalue weighted by atomic mass is 10.2. The maximum absolute atomic E-state index is 12.8. The van der Waals surface area contributed by atoms with Gasteiger partial charge in [0.15, 0.2) is 5.82 Å². The summed E-state index contributed by atoms with van der Waals surface area (Å²) in [6, 6.07) is 16.9. The molecule has 3 heterocycles. The van der Waals surface area contributed by atoms with Crippen LogP contribution in [0.4, 0.5) is 16.3 Å². The van der Waals surface area contributed by atoms with E-state index in [0.717, 1.165) is 35.3 Å². The van der Waals surface area contributed by atoms with Gasteiger partial charge in [0.25, 0.3) is 0 Å². The molecule has 1 aliphatic heterocycles. The van der Waals surface area contributed by atoms with Crippen LogP contribution in [0.5, 0.6) is 0 Å². The number of carbonyl (C=O) groups excluding carboxylic acids is 1. The number of rotatable bonds is 2. The summed E-state index contributed by atoms with van der Waals surface area (Å²) < 4.78 is 2.14. The van der Waals surface area contributed by atoms with Gasteiger partial charge >= 0.3 is 6.03 Å². The molecule has 158 valence electrons. The molecule has 0 spiro atoms. The number of hydrogen-bond donors (Lipinski definition) is 1. The van der Waals surface area contributed by atoms with Gasteiger partial charge in [-0.15, -0.1) is 0 Å². The first-order valence-corrected chi connectivity index (χ1v) is 11.0. The molecule has 0 atom stereocenters. The van der Waals surface area contributed by atoms with Crippen LogP contribution >= 0.6 is 23.2 Å². The monoisotopic (exact) mass is 453 g/mol. The molecule has 31 heavy (non-hydrogen) atoms. The molecule has 0 radical (unpaired) electrons. The highest BCUT2D eigenvalue weighted by atomic mass is 35.5. The number of carbonyl (C=O) groups is 1. The molecule has 2 aromatic heterocycles. The molecule has 1 fully saturated rings. The Labute approximate surface area is 190 Å². The van der Waals surface area contributed by atoms with Crippen molar-refractivity contribution in [3.63, 3.8) is 0 Å². The van der Waals surface area contributed by atoms with Crippen molar-refractivity contribution in [2.45, 2.75) is 6.42 Å². The minimum atomic E-state index is -0.116. The molecular weight excluding hydrogens is 433 g/mol. The zero-order valence-corrected chi connectivity index (χ0v) is 18.3. The molecule has 2 aromatic carbocycles. The zero-order chi connectivity index (χ0) is 21.4. The highest BCUT2D eigenvalue weighted by Crippen LogP contribution is 2.28. The maximum atomic E-state index is 12.8. The average Bonchev–Trinajstić information content (AvgIpc) is 3.11. The molecule has 4 aromatic rings.